The predicted molar refractivity (Wildman–Crippen MR) is 84.8 cm³/mol. The Morgan fingerprint density at radius 2 is 1.81 bits per heavy atom. The number of amides is 1. The van der Waals surface area contributed by atoms with Gasteiger partial charge in [0.1, 0.15) is 0 Å². The first-order valence-corrected chi connectivity index (χ1v) is 6.73. The lowest BCUT2D eigenvalue weighted by Gasteiger charge is -2.11. The van der Waals surface area contributed by atoms with Gasteiger partial charge in [-0.2, -0.15) is 0 Å². The van der Waals surface area contributed by atoms with Gasteiger partial charge in [-0.1, -0.05) is 36.6 Å². The third-order valence-corrected chi connectivity index (χ3v) is 3.18. The van der Waals surface area contributed by atoms with Crippen LogP contribution in [-0.2, 0) is 4.74 Å². The SMILES string of the molecule is CBc1ccc(C(=O)OC)c(NC(=O)c2ccccc2)c1. The highest BCUT2D eigenvalue weighted by atomic mass is 16.5. The van der Waals surface area contributed by atoms with Crippen molar-refractivity contribution in [3.8, 4) is 0 Å². The molecule has 0 bridgehead atoms. The number of benzene rings is 2. The van der Waals surface area contributed by atoms with Crippen LogP contribution in [0.3, 0.4) is 0 Å². The molecule has 0 heterocycles. The molecule has 21 heavy (non-hydrogen) atoms. The summed E-state index contributed by atoms with van der Waals surface area (Å²) in [6.45, 7) is 2.01. The van der Waals surface area contributed by atoms with Gasteiger partial charge in [-0.05, 0) is 24.3 Å². The monoisotopic (exact) mass is 281 g/mol. The Labute approximate surface area is 124 Å². The maximum atomic E-state index is 12.2. The number of esters is 1. The molecule has 4 nitrogen and oxygen atoms in total. The van der Waals surface area contributed by atoms with Gasteiger partial charge < -0.3 is 10.1 Å². The molecule has 0 aliphatic carbocycles. The Hall–Kier alpha value is -2.56. The number of hydrogen-bond donors (Lipinski definition) is 1. The zero-order valence-corrected chi connectivity index (χ0v) is 12.1. The average Bonchev–Trinajstić information content (AvgIpc) is 2.54. The fourth-order valence-electron chi connectivity index (χ4n) is 1.99. The number of methoxy groups -OCH3 is 1. The van der Waals surface area contributed by atoms with Crippen LogP contribution < -0.4 is 10.8 Å². The summed E-state index contributed by atoms with van der Waals surface area (Å²) in [5.41, 5.74) is 2.38. The largest absolute Gasteiger partial charge is 0.465 e. The summed E-state index contributed by atoms with van der Waals surface area (Å²) < 4.78 is 4.75. The van der Waals surface area contributed by atoms with E-state index >= 15 is 0 Å². The molecule has 0 saturated heterocycles. The molecule has 0 aliphatic rings. The normalized spacial score (nSPS) is 9.81. The smallest absolute Gasteiger partial charge is 0.339 e. The van der Waals surface area contributed by atoms with Crippen molar-refractivity contribution in [3.05, 3.63) is 59.7 Å². The molecular formula is C16H16BNO3. The lowest BCUT2D eigenvalue weighted by molar-refractivity contribution is 0.0602. The van der Waals surface area contributed by atoms with Gasteiger partial charge in [-0.3, -0.25) is 4.79 Å². The van der Waals surface area contributed by atoms with Gasteiger partial charge in [0, 0.05) is 5.56 Å². The Balaban J connectivity index is 2.33. The van der Waals surface area contributed by atoms with Crippen molar-refractivity contribution in [1.82, 2.24) is 0 Å². The van der Waals surface area contributed by atoms with Crippen LogP contribution in [0.25, 0.3) is 0 Å². The molecule has 0 saturated carbocycles. The molecule has 0 atom stereocenters. The van der Waals surface area contributed by atoms with Crippen LogP contribution in [0.5, 0.6) is 0 Å². The number of nitrogens with one attached hydrogen (secondary N) is 1. The molecule has 0 aliphatic heterocycles. The molecule has 0 aromatic heterocycles. The summed E-state index contributed by atoms with van der Waals surface area (Å²) in [7, 11) is 2.13. The van der Waals surface area contributed by atoms with Crippen molar-refractivity contribution < 1.29 is 14.3 Å². The summed E-state index contributed by atoms with van der Waals surface area (Å²) in [5.74, 6) is -0.727. The number of ether oxygens (including phenoxy) is 1. The molecule has 0 unspecified atom stereocenters. The van der Waals surface area contributed by atoms with E-state index in [1.165, 1.54) is 7.11 Å². The third-order valence-electron chi connectivity index (χ3n) is 3.18. The van der Waals surface area contributed by atoms with Crippen molar-refractivity contribution in [2.75, 3.05) is 12.4 Å². The number of carbonyl (C=O) groups is 2. The second kappa shape index (κ2) is 6.75. The number of hydrogen-bond acceptors (Lipinski definition) is 3. The van der Waals surface area contributed by atoms with Gasteiger partial charge in [0.05, 0.1) is 18.4 Å². The van der Waals surface area contributed by atoms with Crippen LogP contribution >= 0.6 is 0 Å². The minimum atomic E-state index is -0.471. The van der Waals surface area contributed by atoms with Gasteiger partial charge in [0.2, 0.25) is 0 Å². The molecule has 5 heteroatoms. The third kappa shape index (κ3) is 3.51. The Kier molecular flexibility index (Phi) is 4.77. The molecule has 2 aromatic carbocycles. The van der Waals surface area contributed by atoms with E-state index in [-0.39, 0.29) is 5.91 Å². The lowest BCUT2D eigenvalue weighted by Crippen LogP contribution is -2.19. The molecule has 2 rings (SSSR count). The minimum Gasteiger partial charge on any atom is -0.465 e. The first-order chi connectivity index (χ1) is 10.2. The van der Waals surface area contributed by atoms with Gasteiger partial charge in [0.25, 0.3) is 5.91 Å². The molecule has 0 spiro atoms. The summed E-state index contributed by atoms with van der Waals surface area (Å²) in [4.78, 5) is 24.0. The van der Waals surface area contributed by atoms with Crippen LogP contribution in [0, 0.1) is 0 Å². The summed E-state index contributed by atoms with van der Waals surface area (Å²) in [6, 6.07) is 14.2. The van der Waals surface area contributed by atoms with Crippen LogP contribution in [0.1, 0.15) is 20.7 Å². The molecule has 2 aromatic rings. The Morgan fingerprint density at radius 3 is 2.43 bits per heavy atom. The lowest BCUT2D eigenvalue weighted by atomic mass is 9.73. The summed E-state index contributed by atoms with van der Waals surface area (Å²) in [5, 5.41) is 2.78. The van der Waals surface area contributed by atoms with E-state index in [0.29, 0.717) is 16.8 Å². The average molecular weight is 281 g/mol. The molecule has 1 amide bonds. The molecular weight excluding hydrogens is 265 g/mol. The van der Waals surface area contributed by atoms with Gasteiger partial charge in [0.15, 0.2) is 7.28 Å². The van der Waals surface area contributed by atoms with Crippen LogP contribution in [0.4, 0.5) is 5.69 Å². The van der Waals surface area contributed by atoms with Crippen molar-refractivity contribution in [2.24, 2.45) is 0 Å². The van der Waals surface area contributed by atoms with Crippen LogP contribution in [-0.4, -0.2) is 26.3 Å². The Morgan fingerprint density at radius 1 is 1.10 bits per heavy atom. The number of rotatable bonds is 4. The van der Waals surface area contributed by atoms with Crippen molar-refractivity contribution in [3.63, 3.8) is 0 Å². The Bertz CT molecular complexity index is 656. The van der Waals surface area contributed by atoms with E-state index in [9.17, 15) is 9.59 Å². The highest BCUT2D eigenvalue weighted by molar-refractivity contribution is 6.52. The molecule has 0 radical (unpaired) electrons. The van der Waals surface area contributed by atoms with Gasteiger partial charge >= 0.3 is 5.97 Å². The van der Waals surface area contributed by atoms with E-state index in [2.05, 4.69) is 5.32 Å². The number of anilines is 1. The summed E-state index contributed by atoms with van der Waals surface area (Å²) in [6.07, 6.45) is 0. The molecule has 1 N–H and O–H groups in total. The maximum Gasteiger partial charge on any atom is 0.339 e. The summed E-state index contributed by atoms with van der Waals surface area (Å²) >= 11 is 0. The van der Waals surface area contributed by atoms with E-state index in [1.54, 1.807) is 36.4 Å². The van der Waals surface area contributed by atoms with E-state index < -0.39 is 5.97 Å². The second-order valence-corrected chi connectivity index (χ2v) is 4.55. The zero-order chi connectivity index (χ0) is 15.2. The number of carbonyl (C=O) groups excluding carboxylic acids is 2. The first kappa shape index (κ1) is 14.8. The van der Waals surface area contributed by atoms with E-state index in [0.717, 1.165) is 12.7 Å². The van der Waals surface area contributed by atoms with E-state index in [1.807, 2.05) is 19.0 Å². The van der Waals surface area contributed by atoms with Crippen molar-refractivity contribution >= 4 is 30.3 Å². The predicted octanol–water partition coefficient (Wildman–Crippen LogP) is 1.84. The second-order valence-electron chi connectivity index (χ2n) is 4.55. The minimum absolute atomic E-state index is 0.256. The fourth-order valence-corrected chi connectivity index (χ4v) is 1.99. The quantitative estimate of drug-likeness (QED) is 0.687. The highest BCUT2D eigenvalue weighted by Crippen LogP contribution is 2.16. The molecule has 106 valence electrons. The van der Waals surface area contributed by atoms with Crippen LogP contribution in [0.2, 0.25) is 6.82 Å². The van der Waals surface area contributed by atoms with Crippen molar-refractivity contribution in [2.45, 2.75) is 6.82 Å². The zero-order valence-electron chi connectivity index (χ0n) is 12.1. The van der Waals surface area contributed by atoms with Crippen LogP contribution in [0.15, 0.2) is 48.5 Å². The highest BCUT2D eigenvalue weighted by Gasteiger charge is 2.15. The van der Waals surface area contributed by atoms with Gasteiger partial charge in [-0.15, -0.1) is 0 Å². The molecule has 0 fully saturated rings. The standard InChI is InChI=1S/C16H16BNO3/c1-17-12-8-9-13(16(20)21-2)14(10-12)18-15(19)11-6-4-3-5-7-11/h3-10,17H,1-2H3,(H,18,19). The fraction of sp³-hybridized carbons (Fsp3) is 0.125. The van der Waals surface area contributed by atoms with Crippen molar-refractivity contribution in [1.29, 1.82) is 0 Å². The van der Waals surface area contributed by atoms with Gasteiger partial charge in [-0.25, -0.2) is 4.79 Å². The maximum absolute atomic E-state index is 12.2. The first-order valence-electron chi connectivity index (χ1n) is 6.73. The topological polar surface area (TPSA) is 55.4 Å². The van der Waals surface area contributed by atoms with E-state index in [4.69, 9.17) is 4.74 Å².